The molecule has 6 heteroatoms. The summed E-state index contributed by atoms with van der Waals surface area (Å²) in [5, 5.41) is 3.28. The van der Waals surface area contributed by atoms with E-state index in [-0.39, 0.29) is 5.54 Å². The molecule has 0 saturated carbocycles. The SMILES string of the molecule is CNC1(C)CCN(S(=O)(=O)c2cc(Br)ccc2C)CC1. The molecule has 0 bridgehead atoms. The lowest BCUT2D eigenvalue weighted by Crippen LogP contribution is -2.51. The number of hydrogen-bond donors (Lipinski definition) is 1. The van der Waals surface area contributed by atoms with E-state index in [1.165, 1.54) is 0 Å². The molecule has 1 saturated heterocycles. The van der Waals surface area contributed by atoms with E-state index in [2.05, 4.69) is 28.2 Å². The Morgan fingerprint density at radius 3 is 2.45 bits per heavy atom. The summed E-state index contributed by atoms with van der Waals surface area (Å²) in [5.74, 6) is 0. The van der Waals surface area contributed by atoms with Crippen molar-refractivity contribution in [2.24, 2.45) is 0 Å². The van der Waals surface area contributed by atoms with Crippen LogP contribution < -0.4 is 5.32 Å². The summed E-state index contributed by atoms with van der Waals surface area (Å²) in [6.45, 7) is 5.10. The average molecular weight is 361 g/mol. The molecular formula is C14H21BrN2O2S. The number of nitrogens with one attached hydrogen (secondary N) is 1. The van der Waals surface area contributed by atoms with Crippen LogP contribution in [0.25, 0.3) is 0 Å². The number of piperidine rings is 1. The third kappa shape index (κ3) is 3.08. The van der Waals surface area contributed by atoms with E-state index in [4.69, 9.17) is 0 Å². The standard InChI is InChI=1S/C14H21BrN2O2S/c1-11-4-5-12(15)10-13(11)20(18,19)17-8-6-14(2,16-3)7-9-17/h4-5,10,16H,6-9H2,1-3H3. The van der Waals surface area contributed by atoms with Gasteiger partial charge in [-0.1, -0.05) is 22.0 Å². The van der Waals surface area contributed by atoms with Gasteiger partial charge in [-0.25, -0.2) is 8.42 Å². The zero-order valence-electron chi connectivity index (χ0n) is 12.1. The van der Waals surface area contributed by atoms with Crippen LogP contribution in [0, 0.1) is 6.92 Å². The lowest BCUT2D eigenvalue weighted by atomic mass is 9.91. The predicted octanol–water partition coefficient (Wildman–Crippen LogP) is 2.52. The molecule has 0 aliphatic carbocycles. The Labute approximate surface area is 129 Å². The first-order valence-corrected chi connectivity index (χ1v) is 8.97. The highest BCUT2D eigenvalue weighted by Gasteiger charge is 2.34. The van der Waals surface area contributed by atoms with Crippen LogP contribution in [0.3, 0.4) is 0 Å². The van der Waals surface area contributed by atoms with Gasteiger partial charge in [-0.15, -0.1) is 0 Å². The van der Waals surface area contributed by atoms with Crippen LogP contribution in [0.4, 0.5) is 0 Å². The highest BCUT2D eigenvalue weighted by atomic mass is 79.9. The third-order valence-electron chi connectivity index (χ3n) is 4.20. The normalized spacial score (nSPS) is 20.0. The lowest BCUT2D eigenvalue weighted by Gasteiger charge is -2.38. The Hall–Kier alpha value is -0.430. The van der Waals surface area contributed by atoms with E-state index in [1.807, 2.05) is 26.1 Å². The minimum Gasteiger partial charge on any atom is -0.314 e. The van der Waals surface area contributed by atoms with E-state index in [0.29, 0.717) is 18.0 Å². The van der Waals surface area contributed by atoms with E-state index < -0.39 is 10.0 Å². The molecule has 1 N–H and O–H groups in total. The molecule has 0 unspecified atom stereocenters. The minimum atomic E-state index is -3.40. The van der Waals surface area contributed by atoms with Gasteiger partial charge in [0.25, 0.3) is 0 Å². The van der Waals surface area contributed by atoms with Crippen molar-refractivity contribution in [3.8, 4) is 0 Å². The predicted molar refractivity (Wildman–Crippen MR) is 84.3 cm³/mol. The van der Waals surface area contributed by atoms with Crippen molar-refractivity contribution < 1.29 is 8.42 Å². The summed E-state index contributed by atoms with van der Waals surface area (Å²) in [7, 11) is -1.46. The number of rotatable bonds is 3. The first-order valence-electron chi connectivity index (χ1n) is 6.74. The summed E-state index contributed by atoms with van der Waals surface area (Å²) in [6.07, 6.45) is 1.66. The summed E-state index contributed by atoms with van der Waals surface area (Å²) < 4.78 is 27.9. The number of sulfonamides is 1. The Bertz CT molecular complexity index is 593. The molecule has 1 fully saturated rings. The van der Waals surface area contributed by atoms with E-state index in [1.54, 1.807) is 10.4 Å². The zero-order valence-corrected chi connectivity index (χ0v) is 14.5. The molecule has 0 atom stereocenters. The van der Waals surface area contributed by atoms with Crippen molar-refractivity contribution in [1.29, 1.82) is 0 Å². The Morgan fingerprint density at radius 2 is 1.90 bits per heavy atom. The van der Waals surface area contributed by atoms with Crippen LogP contribution in [0.1, 0.15) is 25.3 Å². The van der Waals surface area contributed by atoms with Crippen molar-refractivity contribution >= 4 is 26.0 Å². The maximum atomic E-state index is 12.7. The van der Waals surface area contributed by atoms with Gasteiger partial charge in [0.15, 0.2) is 0 Å². The van der Waals surface area contributed by atoms with Crippen molar-refractivity contribution in [2.45, 2.75) is 37.1 Å². The molecule has 1 aliphatic heterocycles. The second-order valence-corrected chi connectivity index (χ2v) is 8.45. The Morgan fingerprint density at radius 1 is 1.30 bits per heavy atom. The van der Waals surface area contributed by atoms with Crippen molar-refractivity contribution in [3.05, 3.63) is 28.2 Å². The third-order valence-corrected chi connectivity index (χ3v) is 6.73. The average Bonchev–Trinajstić information content (AvgIpc) is 2.42. The van der Waals surface area contributed by atoms with E-state index >= 15 is 0 Å². The largest absolute Gasteiger partial charge is 0.314 e. The number of nitrogens with zero attached hydrogens (tertiary/aromatic N) is 1. The zero-order chi connectivity index (χ0) is 15.0. The lowest BCUT2D eigenvalue weighted by molar-refractivity contribution is 0.219. The fourth-order valence-electron chi connectivity index (χ4n) is 2.46. The van der Waals surface area contributed by atoms with Crippen LogP contribution in [-0.4, -0.2) is 38.4 Å². The van der Waals surface area contributed by atoms with Crippen molar-refractivity contribution in [2.75, 3.05) is 20.1 Å². The van der Waals surface area contributed by atoms with Gasteiger partial charge >= 0.3 is 0 Å². The van der Waals surface area contributed by atoms with Crippen LogP contribution >= 0.6 is 15.9 Å². The Kier molecular flexibility index (Phi) is 4.59. The van der Waals surface area contributed by atoms with Crippen molar-refractivity contribution in [1.82, 2.24) is 9.62 Å². The number of benzene rings is 1. The smallest absolute Gasteiger partial charge is 0.243 e. The maximum Gasteiger partial charge on any atom is 0.243 e. The molecule has 1 aliphatic rings. The van der Waals surface area contributed by atoms with Gasteiger partial charge < -0.3 is 5.32 Å². The van der Waals surface area contributed by atoms with Gasteiger partial charge in [-0.2, -0.15) is 4.31 Å². The van der Waals surface area contributed by atoms with Crippen LogP contribution in [-0.2, 0) is 10.0 Å². The van der Waals surface area contributed by atoms with Crippen LogP contribution in [0.2, 0.25) is 0 Å². The molecule has 20 heavy (non-hydrogen) atoms. The number of hydrogen-bond acceptors (Lipinski definition) is 3. The van der Waals surface area contributed by atoms with Gasteiger partial charge in [-0.05, 0) is 51.4 Å². The number of aryl methyl sites for hydroxylation is 1. The van der Waals surface area contributed by atoms with E-state index in [0.717, 1.165) is 22.9 Å². The van der Waals surface area contributed by atoms with Gasteiger partial charge in [0.05, 0.1) is 4.90 Å². The summed E-state index contributed by atoms with van der Waals surface area (Å²) in [4.78, 5) is 0.403. The Balaban J connectivity index is 2.26. The highest BCUT2D eigenvalue weighted by molar-refractivity contribution is 9.10. The molecule has 1 aromatic rings. The number of halogens is 1. The molecule has 1 heterocycles. The summed E-state index contributed by atoms with van der Waals surface area (Å²) in [5.41, 5.74) is 0.827. The first kappa shape index (κ1) is 15.9. The molecule has 1 aromatic carbocycles. The fraction of sp³-hybridized carbons (Fsp3) is 0.571. The molecule has 0 amide bonds. The second kappa shape index (κ2) is 5.75. The van der Waals surface area contributed by atoms with Gasteiger partial charge in [0.2, 0.25) is 10.0 Å². The van der Waals surface area contributed by atoms with Crippen LogP contribution in [0.15, 0.2) is 27.6 Å². The second-order valence-electron chi connectivity index (χ2n) is 5.62. The van der Waals surface area contributed by atoms with Crippen molar-refractivity contribution in [3.63, 3.8) is 0 Å². The molecule has 2 rings (SSSR count). The molecule has 4 nitrogen and oxygen atoms in total. The highest BCUT2D eigenvalue weighted by Crippen LogP contribution is 2.28. The van der Waals surface area contributed by atoms with Gasteiger partial charge in [0, 0.05) is 23.1 Å². The summed E-state index contributed by atoms with van der Waals surface area (Å²) >= 11 is 3.35. The monoisotopic (exact) mass is 360 g/mol. The quantitative estimate of drug-likeness (QED) is 0.900. The molecule has 0 spiro atoms. The first-order chi connectivity index (χ1) is 9.28. The maximum absolute atomic E-state index is 12.7. The minimum absolute atomic E-state index is 0.0400. The molecular weight excluding hydrogens is 340 g/mol. The van der Waals surface area contributed by atoms with E-state index in [9.17, 15) is 8.42 Å². The van der Waals surface area contributed by atoms with Gasteiger partial charge in [-0.3, -0.25) is 0 Å². The van der Waals surface area contributed by atoms with Gasteiger partial charge in [0.1, 0.15) is 0 Å². The topological polar surface area (TPSA) is 49.4 Å². The molecule has 0 radical (unpaired) electrons. The molecule has 0 aromatic heterocycles. The van der Waals surface area contributed by atoms with Crippen LogP contribution in [0.5, 0.6) is 0 Å². The summed E-state index contributed by atoms with van der Waals surface area (Å²) in [6, 6.07) is 5.39. The molecule has 112 valence electrons. The fourth-order valence-corrected chi connectivity index (χ4v) is 4.67.